The van der Waals surface area contributed by atoms with Crippen LogP contribution in [0.3, 0.4) is 0 Å². The molecule has 1 aromatic rings. The molecule has 118 valence electrons. The third kappa shape index (κ3) is 3.56. The zero-order chi connectivity index (χ0) is 15.2. The van der Waals surface area contributed by atoms with E-state index in [0.717, 1.165) is 37.0 Å². The molecular formula is C15H27N5O. The zero-order valence-corrected chi connectivity index (χ0v) is 13.6. The third-order valence-electron chi connectivity index (χ3n) is 4.08. The van der Waals surface area contributed by atoms with Crippen LogP contribution >= 0.6 is 0 Å². The first-order chi connectivity index (χ1) is 10.2. The summed E-state index contributed by atoms with van der Waals surface area (Å²) in [7, 11) is 3.75. The van der Waals surface area contributed by atoms with Gasteiger partial charge in [0.2, 0.25) is 5.75 Å². The number of nitrogens with one attached hydrogen (secondary N) is 1. The van der Waals surface area contributed by atoms with Crippen molar-refractivity contribution in [2.24, 2.45) is 0 Å². The average Bonchev–Trinajstić information content (AvgIpc) is 2.94. The fourth-order valence-corrected chi connectivity index (χ4v) is 3.04. The van der Waals surface area contributed by atoms with Gasteiger partial charge in [0.15, 0.2) is 11.6 Å². The smallest absolute Gasteiger partial charge is 0.204 e. The lowest BCUT2D eigenvalue weighted by Gasteiger charge is -2.29. The van der Waals surface area contributed by atoms with E-state index in [0.29, 0.717) is 6.04 Å². The number of hydrogen-bond acceptors (Lipinski definition) is 6. The standard InChI is InChI=1S/C15H27N5O/c1-5-16-14-13(21-4)15(18-11-17-14)19(3)10-12-8-7-9-20(12)6-2/h11-12H,5-10H2,1-4H3,(H,16,17,18). The summed E-state index contributed by atoms with van der Waals surface area (Å²) in [6.07, 6.45) is 4.14. The molecule has 0 radical (unpaired) electrons. The Balaban J connectivity index is 2.14. The number of anilines is 2. The molecular weight excluding hydrogens is 266 g/mol. The van der Waals surface area contributed by atoms with Crippen molar-refractivity contribution in [1.29, 1.82) is 0 Å². The quantitative estimate of drug-likeness (QED) is 0.828. The highest BCUT2D eigenvalue weighted by Gasteiger charge is 2.26. The molecule has 0 amide bonds. The van der Waals surface area contributed by atoms with E-state index in [1.54, 1.807) is 13.4 Å². The van der Waals surface area contributed by atoms with Crippen molar-refractivity contribution in [2.75, 3.05) is 50.6 Å². The molecule has 1 fully saturated rings. The Bertz CT molecular complexity index is 454. The summed E-state index contributed by atoms with van der Waals surface area (Å²) in [5, 5.41) is 3.22. The lowest BCUT2D eigenvalue weighted by Crippen LogP contribution is -2.39. The number of aromatic nitrogens is 2. The summed E-state index contributed by atoms with van der Waals surface area (Å²) in [5.74, 6) is 2.34. The second-order valence-corrected chi connectivity index (χ2v) is 5.41. The number of hydrogen-bond donors (Lipinski definition) is 1. The van der Waals surface area contributed by atoms with E-state index in [1.807, 2.05) is 6.92 Å². The third-order valence-corrected chi connectivity index (χ3v) is 4.08. The maximum absolute atomic E-state index is 5.53. The monoisotopic (exact) mass is 293 g/mol. The molecule has 2 heterocycles. The molecule has 0 aromatic carbocycles. The molecule has 2 rings (SSSR count). The summed E-state index contributed by atoms with van der Waals surface area (Å²) >= 11 is 0. The highest BCUT2D eigenvalue weighted by molar-refractivity contribution is 5.64. The zero-order valence-electron chi connectivity index (χ0n) is 13.6. The van der Waals surface area contributed by atoms with Gasteiger partial charge in [0.25, 0.3) is 0 Å². The van der Waals surface area contributed by atoms with Gasteiger partial charge in [-0.05, 0) is 32.9 Å². The summed E-state index contributed by atoms with van der Waals surface area (Å²) in [6.45, 7) is 8.37. The van der Waals surface area contributed by atoms with Crippen LogP contribution in [0.25, 0.3) is 0 Å². The number of nitrogens with zero attached hydrogens (tertiary/aromatic N) is 4. The van der Waals surface area contributed by atoms with Gasteiger partial charge >= 0.3 is 0 Å². The summed E-state index contributed by atoms with van der Waals surface area (Å²) in [4.78, 5) is 13.4. The number of ether oxygens (including phenoxy) is 1. The lowest BCUT2D eigenvalue weighted by atomic mass is 10.2. The predicted molar refractivity (Wildman–Crippen MR) is 86.3 cm³/mol. The lowest BCUT2D eigenvalue weighted by molar-refractivity contribution is 0.270. The Morgan fingerprint density at radius 3 is 2.90 bits per heavy atom. The van der Waals surface area contributed by atoms with Gasteiger partial charge in [-0.1, -0.05) is 6.92 Å². The van der Waals surface area contributed by atoms with Crippen LogP contribution < -0.4 is 15.0 Å². The summed E-state index contributed by atoms with van der Waals surface area (Å²) in [5.41, 5.74) is 0. The molecule has 0 aliphatic carbocycles. The van der Waals surface area contributed by atoms with Gasteiger partial charge in [-0.15, -0.1) is 0 Å². The van der Waals surface area contributed by atoms with Crippen LogP contribution in [0.1, 0.15) is 26.7 Å². The normalized spacial score (nSPS) is 18.8. The molecule has 0 spiro atoms. The summed E-state index contributed by atoms with van der Waals surface area (Å²) < 4.78 is 5.53. The van der Waals surface area contributed by atoms with Crippen LogP contribution in [-0.2, 0) is 0 Å². The van der Waals surface area contributed by atoms with E-state index in [4.69, 9.17) is 4.74 Å². The van der Waals surface area contributed by atoms with Gasteiger partial charge in [-0.3, -0.25) is 4.90 Å². The van der Waals surface area contributed by atoms with E-state index in [2.05, 4.69) is 39.1 Å². The molecule has 1 aromatic heterocycles. The van der Waals surface area contributed by atoms with Crippen molar-refractivity contribution in [3.8, 4) is 5.75 Å². The minimum Gasteiger partial charge on any atom is -0.490 e. The van der Waals surface area contributed by atoms with Crippen molar-refractivity contribution < 1.29 is 4.74 Å². The molecule has 1 aliphatic heterocycles. The van der Waals surface area contributed by atoms with Gasteiger partial charge in [0.05, 0.1) is 7.11 Å². The fourth-order valence-electron chi connectivity index (χ4n) is 3.04. The minimum atomic E-state index is 0.599. The molecule has 1 atom stereocenters. The molecule has 6 heteroatoms. The van der Waals surface area contributed by atoms with E-state index in [9.17, 15) is 0 Å². The van der Waals surface area contributed by atoms with Crippen molar-refractivity contribution in [3.63, 3.8) is 0 Å². The fraction of sp³-hybridized carbons (Fsp3) is 0.733. The molecule has 1 unspecified atom stereocenters. The Hall–Kier alpha value is -1.56. The molecule has 1 N–H and O–H groups in total. The van der Waals surface area contributed by atoms with E-state index in [-0.39, 0.29) is 0 Å². The SMILES string of the molecule is CCNc1ncnc(N(C)CC2CCCN2CC)c1OC. The molecule has 0 saturated carbocycles. The Morgan fingerprint density at radius 1 is 1.43 bits per heavy atom. The number of likely N-dealkylation sites (N-methyl/N-ethyl adjacent to an activating group) is 2. The van der Waals surface area contributed by atoms with Crippen LogP contribution in [0.15, 0.2) is 6.33 Å². The van der Waals surface area contributed by atoms with Crippen molar-refractivity contribution in [2.45, 2.75) is 32.7 Å². The van der Waals surface area contributed by atoms with Crippen molar-refractivity contribution in [1.82, 2.24) is 14.9 Å². The first-order valence-corrected chi connectivity index (χ1v) is 7.79. The minimum absolute atomic E-state index is 0.599. The van der Waals surface area contributed by atoms with E-state index < -0.39 is 0 Å². The highest BCUT2D eigenvalue weighted by Crippen LogP contribution is 2.32. The highest BCUT2D eigenvalue weighted by atomic mass is 16.5. The van der Waals surface area contributed by atoms with Gasteiger partial charge in [0, 0.05) is 26.2 Å². The van der Waals surface area contributed by atoms with Gasteiger partial charge in [0.1, 0.15) is 6.33 Å². The Labute approximate surface area is 127 Å². The van der Waals surface area contributed by atoms with Crippen LogP contribution in [0, 0.1) is 0 Å². The van der Waals surface area contributed by atoms with Gasteiger partial charge in [-0.25, -0.2) is 9.97 Å². The molecule has 1 saturated heterocycles. The average molecular weight is 293 g/mol. The predicted octanol–water partition coefficient (Wildman–Crippen LogP) is 1.84. The topological polar surface area (TPSA) is 53.5 Å². The second kappa shape index (κ2) is 7.45. The van der Waals surface area contributed by atoms with E-state index >= 15 is 0 Å². The molecule has 6 nitrogen and oxygen atoms in total. The van der Waals surface area contributed by atoms with E-state index in [1.165, 1.54) is 19.4 Å². The van der Waals surface area contributed by atoms with Crippen LogP contribution in [0.4, 0.5) is 11.6 Å². The van der Waals surface area contributed by atoms with Gasteiger partial charge < -0.3 is 15.0 Å². The van der Waals surface area contributed by atoms with Gasteiger partial charge in [-0.2, -0.15) is 0 Å². The molecule has 21 heavy (non-hydrogen) atoms. The maximum Gasteiger partial charge on any atom is 0.204 e. The molecule has 1 aliphatic rings. The number of methoxy groups -OCH3 is 1. The Kier molecular flexibility index (Phi) is 5.61. The summed E-state index contributed by atoms with van der Waals surface area (Å²) in [6, 6.07) is 0.599. The second-order valence-electron chi connectivity index (χ2n) is 5.41. The van der Waals surface area contributed by atoms with Crippen molar-refractivity contribution in [3.05, 3.63) is 6.33 Å². The molecule has 0 bridgehead atoms. The van der Waals surface area contributed by atoms with Crippen LogP contribution in [-0.4, -0.2) is 61.2 Å². The van der Waals surface area contributed by atoms with Crippen LogP contribution in [0.2, 0.25) is 0 Å². The largest absolute Gasteiger partial charge is 0.490 e. The Morgan fingerprint density at radius 2 is 2.24 bits per heavy atom. The first-order valence-electron chi connectivity index (χ1n) is 7.79. The van der Waals surface area contributed by atoms with Crippen LogP contribution in [0.5, 0.6) is 5.75 Å². The first kappa shape index (κ1) is 15.8. The maximum atomic E-state index is 5.53. The number of likely N-dealkylation sites (tertiary alicyclic amines) is 1. The van der Waals surface area contributed by atoms with Crippen molar-refractivity contribution >= 4 is 11.6 Å². The number of rotatable bonds is 7.